The lowest BCUT2D eigenvalue weighted by Gasteiger charge is -2.69. The van der Waals surface area contributed by atoms with Gasteiger partial charge in [-0.2, -0.15) is 0 Å². The minimum Gasteiger partial charge on any atom is -0.472 e. The van der Waals surface area contributed by atoms with Gasteiger partial charge in [-0.25, -0.2) is 4.79 Å². The highest BCUT2D eigenvalue weighted by Gasteiger charge is 2.86. The predicted octanol–water partition coefficient (Wildman–Crippen LogP) is 3.18. The van der Waals surface area contributed by atoms with E-state index in [0.29, 0.717) is 6.42 Å². The van der Waals surface area contributed by atoms with Gasteiger partial charge in [0.1, 0.15) is 36.3 Å². The molecule has 15 heteroatoms. The molecule has 3 fully saturated rings. The van der Waals surface area contributed by atoms with E-state index in [1.807, 2.05) is 0 Å². The number of carbonyl (C=O) groups excluding carboxylic acids is 6. The number of fused-ring (bicyclic) bond motifs is 1. The zero-order chi connectivity index (χ0) is 38.1. The quantitative estimate of drug-likeness (QED) is 0.230. The van der Waals surface area contributed by atoms with Gasteiger partial charge in [-0.05, 0) is 45.6 Å². The van der Waals surface area contributed by atoms with E-state index in [1.165, 1.54) is 53.2 Å². The summed E-state index contributed by atoms with van der Waals surface area (Å²) in [5, 5.41) is 13.3. The Morgan fingerprint density at radius 3 is 1.96 bits per heavy atom. The predicted molar refractivity (Wildman–Crippen MR) is 173 cm³/mol. The molecule has 2 heterocycles. The van der Waals surface area contributed by atoms with E-state index in [9.17, 15) is 33.9 Å². The summed E-state index contributed by atoms with van der Waals surface area (Å²) in [4.78, 5) is 77.3. The molecule has 1 spiro atoms. The first-order chi connectivity index (χ1) is 23.8. The molecule has 1 N–H and O–H groups in total. The SMILES string of the molecule is CCC(C)C(=O)OC1C(COC(C)=O)C(COC(C)=O)C2(COC(C)=O)C(OC(=O)c3ccoc3)CC3C(COC(C)=O)C2(OC3(C)C)C1(C)O. The molecule has 0 radical (unpaired) electrons. The highest BCUT2D eigenvalue weighted by atomic mass is 16.6. The molecular formula is C36H50O15. The highest BCUT2D eigenvalue weighted by molar-refractivity contribution is 5.89. The Labute approximate surface area is 296 Å². The number of furan rings is 1. The Kier molecular flexibility index (Phi) is 11.7. The van der Waals surface area contributed by atoms with E-state index in [1.54, 1.807) is 27.7 Å². The van der Waals surface area contributed by atoms with E-state index in [0.717, 1.165) is 0 Å². The standard InChI is InChI=1S/C36H50O15/c1-10-19(2)31(41)50-30-25(15-45-20(3)37)27(16-46-21(4)38)35(18-48-23(6)40)29(49-32(42)24-11-12-44-14-24)13-26-28(17-47-22(5)39)36(35,34(30,9)43)51-33(26,7)8/h11-12,14,19,25-30,43H,10,13,15-18H2,1-9H3. The molecule has 1 aliphatic heterocycles. The van der Waals surface area contributed by atoms with Gasteiger partial charge >= 0.3 is 35.8 Å². The number of hydrogen-bond acceptors (Lipinski definition) is 15. The van der Waals surface area contributed by atoms with Crippen molar-refractivity contribution in [2.45, 2.75) is 104 Å². The van der Waals surface area contributed by atoms with E-state index in [2.05, 4.69) is 0 Å². The zero-order valence-electron chi connectivity index (χ0n) is 30.7. The van der Waals surface area contributed by atoms with Crippen molar-refractivity contribution in [3.63, 3.8) is 0 Å². The second-order valence-corrected chi connectivity index (χ2v) is 14.6. The smallest absolute Gasteiger partial charge is 0.341 e. The van der Waals surface area contributed by atoms with Crippen LogP contribution < -0.4 is 0 Å². The molecule has 10 atom stereocenters. The zero-order valence-corrected chi connectivity index (χ0v) is 30.7. The van der Waals surface area contributed by atoms with Gasteiger partial charge in [0.2, 0.25) is 0 Å². The van der Waals surface area contributed by atoms with Crippen LogP contribution in [0.15, 0.2) is 23.0 Å². The molecule has 2 saturated carbocycles. The van der Waals surface area contributed by atoms with E-state index in [-0.39, 0.29) is 18.6 Å². The van der Waals surface area contributed by atoms with E-state index < -0.39 is 120 Å². The molecule has 0 aromatic carbocycles. The summed E-state index contributed by atoms with van der Waals surface area (Å²) in [7, 11) is 0. The Morgan fingerprint density at radius 2 is 1.43 bits per heavy atom. The van der Waals surface area contributed by atoms with Crippen LogP contribution in [-0.2, 0) is 57.1 Å². The van der Waals surface area contributed by atoms with E-state index >= 15 is 0 Å². The second kappa shape index (κ2) is 14.9. The monoisotopic (exact) mass is 722 g/mol. The van der Waals surface area contributed by atoms with Gasteiger partial charge in [0.25, 0.3) is 0 Å². The second-order valence-electron chi connectivity index (χ2n) is 14.6. The van der Waals surface area contributed by atoms with Gasteiger partial charge in [-0.1, -0.05) is 13.8 Å². The van der Waals surface area contributed by atoms with Crippen LogP contribution in [0.25, 0.3) is 0 Å². The maximum atomic E-state index is 13.8. The molecule has 3 aliphatic rings. The molecule has 15 nitrogen and oxygen atoms in total. The van der Waals surface area contributed by atoms with E-state index in [4.69, 9.17) is 37.6 Å². The normalized spacial score (nSPS) is 33.9. The first kappa shape index (κ1) is 39.8. The van der Waals surface area contributed by atoms with Crippen molar-refractivity contribution < 1.29 is 71.4 Å². The van der Waals surface area contributed by atoms with Crippen molar-refractivity contribution in [3.05, 3.63) is 24.2 Å². The maximum Gasteiger partial charge on any atom is 0.341 e. The maximum absolute atomic E-state index is 13.8. The molecule has 0 amide bonds. The van der Waals surface area contributed by atoms with Crippen LogP contribution in [0.2, 0.25) is 0 Å². The van der Waals surface area contributed by atoms with Gasteiger partial charge in [-0.3, -0.25) is 24.0 Å². The lowest BCUT2D eigenvalue weighted by molar-refractivity contribution is -0.365. The van der Waals surface area contributed by atoms with Gasteiger partial charge in [0, 0.05) is 45.4 Å². The van der Waals surface area contributed by atoms with Gasteiger partial charge in [0.05, 0.1) is 48.6 Å². The third-order valence-electron chi connectivity index (χ3n) is 11.1. The summed E-state index contributed by atoms with van der Waals surface area (Å²) < 4.78 is 47.4. The van der Waals surface area contributed by atoms with Crippen LogP contribution in [0.5, 0.6) is 0 Å². The molecular weight excluding hydrogens is 672 g/mol. The Balaban J connectivity index is 2.13. The van der Waals surface area contributed by atoms with Crippen molar-refractivity contribution >= 4 is 35.8 Å². The molecule has 2 bridgehead atoms. The van der Waals surface area contributed by atoms with Crippen LogP contribution in [0, 0.1) is 35.0 Å². The summed E-state index contributed by atoms with van der Waals surface area (Å²) in [5.41, 5.74) is -7.19. The topological polar surface area (TPSA) is 200 Å². The molecule has 10 unspecified atom stereocenters. The average molecular weight is 723 g/mol. The van der Waals surface area contributed by atoms with Crippen molar-refractivity contribution in [2.24, 2.45) is 35.0 Å². The summed E-state index contributed by atoms with van der Waals surface area (Å²) in [6.07, 6.45) is 0.154. The lowest BCUT2D eigenvalue weighted by Crippen LogP contribution is -2.84. The van der Waals surface area contributed by atoms with Crippen molar-refractivity contribution in [3.8, 4) is 0 Å². The van der Waals surface area contributed by atoms with Crippen LogP contribution in [0.3, 0.4) is 0 Å². The van der Waals surface area contributed by atoms with Crippen molar-refractivity contribution in [1.29, 1.82) is 0 Å². The highest BCUT2D eigenvalue weighted by Crippen LogP contribution is 2.72. The van der Waals surface area contributed by atoms with Crippen molar-refractivity contribution in [1.82, 2.24) is 0 Å². The summed E-state index contributed by atoms with van der Waals surface area (Å²) >= 11 is 0. The average Bonchev–Trinajstić information content (AvgIpc) is 3.64. The van der Waals surface area contributed by atoms with Crippen LogP contribution in [-0.4, -0.2) is 96.4 Å². The molecule has 4 rings (SSSR count). The molecule has 1 aromatic rings. The third kappa shape index (κ3) is 7.11. The minimum absolute atomic E-state index is 0.0375. The Bertz CT molecular complexity index is 1480. The number of carbonyl (C=O) groups is 6. The van der Waals surface area contributed by atoms with Gasteiger partial charge in [-0.15, -0.1) is 0 Å². The first-order valence-electron chi connectivity index (χ1n) is 17.2. The molecule has 2 aliphatic carbocycles. The molecule has 284 valence electrons. The lowest BCUT2D eigenvalue weighted by atomic mass is 9.40. The minimum atomic E-state index is -2.27. The molecule has 1 saturated heterocycles. The van der Waals surface area contributed by atoms with Crippen LogP contribution >= 0.6 is 0 Å². The van der Waals surface area contributed by atoms with Gasteiger partial charge < -0.3 is 42.7 Å². The Hall–Kier alpha value is -3.98. The number of rotatable bonds is 13. The fourth-order valence-corrected chi connectivity index (χ4v) is 8.79. The first-order valence-corrected chi connectivity index (χ1v) is 17.2. The Morgan fingerprint density at radius 1 is 0.863 bits per heavy atom. The summed E-state index contributed by atoms with van der Waals surface area (Å²) in [6.45, 7) is 11.3. The third-order valence-corrected chi connectivity index (χ3v) is 11.1. The largest absolute Gasteiger partial charge is 0.472 e. The number of aliphatic hydroxyl groups is 1. The van der Waals surface area contributed by atoms with Gasteiger partial charge in [0.15, 0.2) is 0 Å². The number of hydrogen-bond donors (Lipinski definition) is 1. The fraction of sp³-hybridized carbons (Fsp3) is 0.722. The number of ether oxygens (including phenoxy) is 7. The molecule has 51 heavy (non-hydrogen) atoms. The van der Waals surface area contributed by atoms with Crippen molar-refractivity contribution in [2.75, 3.05) is 26.4 Å². The summed E-state index contributed by atoms with van der Waals surface area (Å²) in [5.74, 6) is -8.65. The number of esters is 6. The summed E-state index contributed by atoms with van der Waals surface area (Å²) in [6, 6.07) is 1.40. The van der Waals surface area contributed by atoms with Crippen LogP contribution in [0.4, 0.5) is 0 Å². The fourth-order valence-electron chi connectivity index (χ4n) is 8.79. The molecule has 1 aromatic heterocycles. The van der Waals surface area contributed by atoms with Crippen LogP contribution in [0.1, 0.15) is 85.5 Å².